The molecule has 0 amide bonds. The van der Waals surface area contributed by atoms with Gasteiger partial charge in [-0.25, -0.2) is 0 Å². The molecule has 0 unspecified atom stereocenters. The van der Waals surface area contributed by atoms with Gasteiger partial charge in [0, 0.05) is 23.9 Å². The molecule has 15 heavy (non-hydrogen) atoms. The van der Waals surface area contributed by atoms with Gasteiger partial charge in [0.2, 0.25) is 0 Å². The summed E-state index contributed by atoms with van der Waals surface area (Å²) < 4.78 is 0. The lowest BCUT2D eigenvalue weighted by molar-refractivity contribution is -0.384. The van der Waals surface area contributed by atoms with Gasteiger partial charge in [0.15, 0.2) is 0 Å². The van der Waals surface area contributed by atoms with Gasteiger partial charge in [-0.2, -0.15) is 0 Å². The summed E-state index contributed by atoms with van der Waals surface area (Å²) in [7, 11) is 0. The first-order valence-corrected chi connectivity index (χ1v) is 4.73. The van der Waals surface area contributed by atoms with Gasteiger partial charge in [-0.15, -0.1) is 0 Å². The first kappa shape index (κ1) is 11.5. The summed E-state index contributed by atoms with van der Waals surface area (Å²) in [6.07, 6.45) is 0. The molecule has 82 valence electrons. The van der Waals surface area contributed by atoms with E-state index in [-0.39, 0.29) is 17.6 Å². The predicted octanol–water partition coefficient (Wildman–Crippen LogP) is 1.83. The summed E-state index contributed by atoms with van der Waals surface area (Å²) >= 11 is 0. The van der Waals surface area contributed by atoms with Crippen LogP contribution in [0.3, 0.4) is 0 Å². The Bertz CT molecular complexity index is 377. The Morgan fingerprint density at radius 2 is 2.00 bits per heavy atom. The van der Waals surface area contributed by atoms with Gasteiger partial charge in [-0.05, 0) is 17.5 Å². The van der Waals surface area contributed by atoms with Crippen LogP contribution in [0.1, 0.15) is 25.5 Å². The highest BCUT2D eigenvalue weighted by atomic mass is 16.6. The van der Waals surface area contributed by atoms with Crippen molar-refractivity contribution < 1.29 is 4.92 Å². The van der Waals surface area contributed by atoms with E-state index in [1.54, 1.807) is 6.07 Å². The van der Waals surface area contributed by atoms with E-state index in [0.29, 0.717) is 5.69 Å². The maximum Gasteiger partial charge on any atom is 0.271 e. The largest absolute Gasteiger partial charge is 0.398 e. The third-order valence-corrected chi connectivity index (χ3v) is 2.36. The Labute approximate surface area is 88.2 Å². The Morgan fingerprint density at radius 1 is 1.40 bits per heavy atom. The van der Waals surface area contributed by atoms with Crippen molar-refractivity contribution >= 4 is 11.4 Å². The van der Waals surface area contributed by atoms with Gasteiger partial charge in [0.1, 0.15) is 0 Å². The first-order valence-electron chi connectivity index (χ1n) is 4.73. The fourth-order valence-corrected chi connectivity index (χ4v) is 1.34. The number of anilines is 1. The molecule has 0 fully saturated rings. The molecular formula is C10H15N3O2. The Hall–Kier alpha value is -1.62. The Morgan fingerprint density at radius 3 is 2.40 bits per heavy atom. The van der Waals surface area contributed by atoms with Crippen LogP contribution in [0.25, 0.3) is 0 Å². The van der Waals surface area contributed by atoms with E-state index < -0.39 is 4.92 Å². The second-order valence-corrected chi connectivity index (χ2v) is 3.84. The zero-order valence-corrected chi connectivity index (χ0v) is 8.81. The van der Waals surface area contributed by atoms with Gasteiger partial charge >= 0.3 is 0 Å². The number of rotatable bonds is 3. The second-order valence-electron chi connectivity index (χ2n) is 3.84. The molecule has 1 atom stereocenters. The van der Waals surface area contributed by atoms with Crippen LogP contribution in [0.4, 0.5) is 11.4 Å². The van der Waals surface area contributed by atoms with Gasteiger partial charge in [0.05, 0.1) is 4.92 Å². The predicted molar refractivity (Wildman–Crippen MR) is 59.3 cm³/mol. The maximum absolute atomic E-state index is 10.5. The number of non-ortho nitro benzene ring substituents is 1. The van der Waals surface area contributed by atoms with E-state index in [0.717, 1.165) is 5.56 Å². The van der Waals surface area contributed by atoms with Crippen molar-refractivity contribution in [1.82, 2.24) is 0 Å². The van der Waals surface area contributed by atoms with Crippen LogP contribution < -0.4 is 11.5 Å². The quantitative estimate of drug-likeness (QED) is 0.451. The van der Waals surface area contributed by atoms with E-state index in [1.165, 1.54) is 12.1 Å². The molecule has 0 bridgehead atoms. The topological polar surface area (TPSA) is 95.2 Å². The Kier molecular flexibility index (Phi) is 3.26. The van der Waals surface area contributed by atoms with Crippen LogP contribution in [0.15, 0.2) is 18.2 Å². The summed E-state index contributed by atoms with van der Waals surface area (Å²) in [6.45, 7) is 3.96. The van der Waals surface area contributed by atoms with Crippen molar-refractivity contribution in [2.75, 3.05) is 5.73 Å². The normalized spacial score (nSPS) is 12.8. The molecule has 1 rings (SSSR count). The Balaban J connectivity index is 3.08. The molecule has 0 spiro atoms. The van der Waals surface area contributed by atoms with Gasteiger partial charge in [-0.3, -0.25) is 10.1 Å². The molecule has 0 heterocycles. The van der Waals surface area contributed by atoms with Crippen LogP contribution in [-0.4, -0.2) is 4.92 Å². The summed E-state index contributed by atoms with van der Waals surface area (Å²) in [4.78, 5) is 10.0. The van der Waals surface area contributed by atoms with Gasteiger partial charge in [0.25, 0.3) is 5.69 Å². The van der Waals surface area contributed by atoms with Crippen molar-refractivity contribution in [3.05, 3.63) is 33.9 Å². The molecule has 0 radical (unpaired) electrons. The standard InChI is InChI=1S/C10H15N3O2/c1-6(2)10(12)8-4-3-7(13(14)15)5-9(8)11/h3-6,10H,11-12H2,1-2H3/t10-/m1/s1. The first-order chi connectivity index (χ1) is 6.93. The smallest absolute Gasteiger partial charge is 0.271 e. The number of nitrogens with zero attached hydrogens (tertiary/aromatic N) is 1. The third-order valence-electron chi connectivity index (χ3n) is 2.36. The second kappa shape index (κ2) is 4.27. The highest BCUT2D eigenvalue weighted by Gasteiger charge is 2.16. The minimum absolute atomic E-state index is 0.00722. The minimum Gasteiger partial charge on any atom is -0.398 e. The van der Waals surface area contributed by atoms with Crippen molar-refractivity contribution in [1.29, 1.82) is 0 Å². The van der Waals surface area contributed by atoms with Gasteiger partial charge < -0.3 is 11.5 Å². The van der Waals surface area contributed by atoms with E-state index in [2.05, 4.69) is 0 Å². The number of hydrogen-bond acceptors (Lipinski definition) is 4. The molecule has 0 aliphatic heterocycles. The van der Waals surface area contributed by atoms with E-state index >= 15 is 0 Å². The van der Waals surface area contributed by atoms with Crippen molar-refractivity contribution in [2.24, 2.45) is 11.7 Å². The summed E-state index contributed by atoms with van der Waals surface area (Å²) in [6, 6.07) is 4.20. The lowest BCUT2D eigenvalue weighted by atomic mass is 9.95. The molecule has 5 heteroatoms. The van der Waals surface area contributed by atoms with E-state index in [4.69, 9.17) is 11.5 Å². The SMILES string of the molecule is CC(C)[C@@H](N)c1ccc([N+](=O)[O-])cc1N. The number of nitrogen functional groups attached to an aromatic ring is 1. The fraction of sp³-hybridized carbons (Fsp3) is 0.400. The number of hydrogen-bond donors (Lipinski definition) is 2. The van der Waals surface area contributed by atoms with Crippen LogP contribution in [0.5, 0.6) is 0 Å². The van der Waals surface area contributed by atoms with Crippen molar-refractivity contribution in [3.63, 3.8) is 0 Å². The number of nitrogens with two attached hydrogens (primary N) is 2. The maximum atomic E-state index is 10.5. The number of nitro groups is 1. The van der Waals surface area contributed by atoms with Crippen LogP contribution in [0, 0.1) is 16.0 Å². The number of benzene rings is 1. The lowest BCUT2D eigenvalue weighted by Crippen LogP contribution is -2.18. The summed E-state index contributed by atoms with van der Waals surface area (Å²) in [5.74, 6) is 0.244. The molecule has 1 aromatic rings. The molecule has 1 aromatic carbocycles. The van der Waals surface area contributed by atoms with Crippen LogP contribution >= 0.6 is 0 Å². The molecule has 0 aromatic heterocycles. The zero-order chi connectivity index (χ0) is 11.6. The minimum atomic E-state index is -0.471. The molecule has 5 nitrogen and oxygen atoms in total. The number of nitro benzene ring substituents is 1. The highest BCUT2D eigenvalue weighted by Crippen LogP contribution is 2.27. The summed E-state index contributed by atoms with van der Waals surface area (Å²) in [5.41, 5.74) is 12.8. The monoisotopic (exact) mass is 209 g/mol. The van der Waals surface area contributed by atoms with E-state index in [9.17, 15) is 10.1 Å². The molecule has 0 saturated carbocycles. The molecular weight excluding hydrogens is 194 g/mol. The molecule has 4 N–H and O–H groups in total. The average Bonchev–Trinajstić information content (AvgIpc) is 2.16. The molecule has 0 saturated heterocycles. The lowest BCUT2D eigenvalue weighted by Gasteiger charge is -2.17. The highest BCUT2D eigenvalue weighted by molar-refractivity contribution is 5.55. The van der Waals surface area contributed by atoms with Gasteiger partial charge in [-0.1, -0.05) is 13.8 Å². The molecule has 0 aliphatic rings. The third kappa shape index (κ3) is 2.44. The van der Waals surface area contributed by atoms with Crippen LogP contribution in [0.2, 0.25) is 0 Å². The zero-order valence-electron chi connectivity index (χ0n) is 8.81. The van der Waals surface area contributed by atoms with Crippen molar-refractivity contribution in [3.8, 4) is 0 Å². The van der Waals surface area contributed by atoms with Crippen molar-refractivity contribution in [2.45, 2.75) is 19.9 Å². The fourth-order valence-electron chi connectivity index (χ4n) is 1.34. The molecule has 0 aliphatic carbocycles. The average molecular weight is 209 g/mol. The summed E-state index contributed by atoms with van der Waals surface area (Å²) in [5, 5.41) is 10.5. The van der Waals surface area contributed by atoms with Crippen LogP contribution in [-0.2, 0) is 0 Å². The van der Waals surface area contributed by atoms with E-state index in [1.807, 2.05) is 13.8 Å².